The van der Waals surface area contributed by atoms with E-state index in [1.165, 1.54) is 0 Å². The Balaban J connectivity index is 2.83. The standard InChI is InChI=1S/C11H16N2O3/c1-13-6-8-3-4-9(15-2)10(5-8)16-7-11(12)14/h3-5,13H,6-7H2,1-2H3,(H2,12,14). The number of ether oxygens (including phenoxy) is 2. The number of methoxy groups -OCH3 is 1. The van der Waals surface area contributed by atoms with Crippen molar-refractivity contribution in [3.05, 3.63) is 23.8 Å². The van der Waals surface area contributed by atoms with Crippen molar-refractivity contribution in [2.45, 2.75) is 6.54 Å². The van der Waals surface area contributed by atoms with E-state index in [1.807, 2.05) is 19.2 Å². The molecule has 1 amide bonds. The van der Waals surface area contributed by atoms with E-state index in [0.717, 1.165) is 12.1 Å². The zero-order valence-corrected chi connectivity index (χ0v) is 9.45. The molecular formula is C11H16N2O3. The van der Waals surface area contributed by atoms with Crippen molar-refractivity contribution in [1.82, 2.24) is 5.32 Å². The van der Waals surface area contributed by atoms with Gasteiger partial charge in [-0.3, -0.25) is 4.79 Å². The van der Waals surface area contributed by atoms with Crippen molar-refractivity contribution in [2.75, 3.05) is 20.8 Å². The average molecular weight is 224 g/mol. The summed E-state index contributed by atoms with van der Waals surface area (Å²) >= 11 is 0. The molecule has 0 saturated heterocycles. The Labute approximate surface area is 94.5 Å². The second-order valence-electron chi connectivity index (χ2n) is 3.27. The molecule has 5 nitrogen and oxygen atoms in total. The van der Waals surface area contributed by atoms with Crippen LogP contribution in [-0.2, 0) is 11.3 Å². The molecule has 16 heavy (non-hydrogen) atoms. The summed E-state index contributed by atoms with van der Waals surface area (Å²) in [7, 11) is 3.40. The van der Waals surface area contributed by atoms with Crippen LogP contribution in [0.2, 0.25) is 0 Å². The van der Waals surface area contributed by atoms with Crippen LogP contribution >= 0.6 is 0 Å². The number of rotatable bonds is 6. The van der Waals surface area contributed by atoms with E-state index < -0.39 is 5.91 Å². The van der Waals surface area contributed by atoms with Crippen molar-refractivity contribution in [1.29, 1.82) is 0 Å². The number of amides is 1. The van der Waals surface area contributed by atoms with Crippen molar-refractivity contribution in [3.63, 3.8) is 0 Å². The van der Waals surface area contributed by atoms with Gasteiger partial charge in [0, 0.05) is 6.54 Å². The molecule has 0 aliphatic carbocycles. The number of nitrogens with two attached hydrogens (primary N) is 1. The molecule has 0 spiro atoms. The Morgan fingerprint density at radius 3 is 2.75 bits per heavy atom. The number of hydrogen-bond acceptors (Lipinski definition) is 4. The van der Waals surface area contributed by atoms with E-state index in [0.29, 0.717) is 11.5 Å². The van der Waals surface area contributed by atoms with Crippen LogP contribution in [-0.4, -0.2) is 26.7 Å². The summed E-state index contributed by atoms with van der Waals surface area (Å²) in [6, 6.07) is 5.54. The van der Waals surface area contributed by atoms with Gasteiger partial charge >= 0.3 is 0 Å². The van der Waals surface area contributed by atoms with Gasteiger partial charge in [0.1, 0.15) is 0 Å². The van der Waals surface area contributed by atoms with Crippen molar-refractivity contribution in [2.24, 2.45) is 5.73 Å². The number of carbonyl (C=O) groups excluding carboxylic acids is 1. The Hall–Kier alpha value is -1.75. The predicted octanol–water partition coefficient (Wildman–Crippen LogP) is 0.279. The highest BCUT2D eigenvalue weighted by Gasteiger charge is 2.06. The zero-order valence-electron chi connectivity index (χ0n) is 9.45. The van der Waals surface area contributed by atoms with Gasteiger partial charge in [-0.1, -0.05) is 6.07 Å². The molecule has 1 rings (SSSR count). The zero-order chi connectivity index (χ0) is 12.0. The highest BCUT2D eigenvalue weighted by Crippen LogP contribution is 2.27. The summed E-state index contributed by atoms with van der Waals surface area (Å²) in [4.78, 5) is 10.6. The molecule has 5 heteroatoms. The molecule has 0 saturated carbocycles. The molecule has 0 radical (unpaired) electrons. The second-order valence-corrected chi connectivity index (χ2v) is 3.27. The first-order valence-corrected chi connectivity index (χ1v) is 4.90. The van der Waals surface area contributed by atoms with Gasteiger partial charge in [0.15, 0.2) is 18.1 Å². The fourth-order valence-corrected chi connectivity index (χ4v) is 1.30. The monoisotopic (exact) mass is 224 g/mol. The van der Waals surface area contributed by atoms with Crippen LogP contribution in [0, 0.1) is 0 Å². The third-order valence-electron chi connectivity index (χ3n) is 1.98. The molecule has 0 unspecified atom stereocenters. The Bertz CT molecular complexity index is 366. The molecule has 0 aromatic heterocycles. The van der Waals surface area contributed by atoms with Crippen LogP contribution in [0.5, 0.6) is 11.5 Å². The normalized spacial score (nSPS) is 9.88. The third kappa shape index (κ3) is 3.43. The minimum atomic E-state index is -0.513. The van der Waals surface area contributed by atoms with E-state index in [2.05, 4.69) is 5.32 Å². The lowest BCUT2D eigenvalue weighted by molar-refractivity contribution is -0.119. The topological polar surface area (TPSA) is 73.6 Å². The summed E-state index contributed by atoms with van der Waals surface area (Å²) in [5.41, 5.74) is 6.06. The van der Waals surface area contributed by atoms with Crippen LogP contribution in [0.15, 0.2) is 18.2 Å². The fourth-order valence-electron chi connectivity index (χ4n) is 1.30. The first kappa shape index (κ1) is 12.3. The number of primary amides is 1. The molecule has 1 aromatic rings. The minimum absolute atomic E-state index is 0.153. The van der Waals surface area contributed by atoms with E-state index in [9.17, 15) is 4.79 Å². The lowest BCUT2D eigenvalue weighted by atomic mass is 10.2. The Kier molecular flexibility index (Phi) is 4.60. The maximum Gasteiger partial charge on any atom is 0.255 e. The van der Waals surface area contributed by atoms with Crippen LogP contribution in [0.4, 0.5) is 0 Å². The summed E-state index contributed by atoms with van der Waals surface area (Å²) in [5.74, 6) is 0.594. The second kappa shape index (κ2) is 5.97. The molecule has 0 aliphatic heterocycles. The molecule has 0 aliphatic rings. The molecule has 0 heterocycles. The number of hydrogen-bond donors (Lipinski definition) is 2. The summed E-state index contributed by atoms with van der Waals surface area (Å²) < 4.78 is 10.4. The van der Waals surface area contributed by atoms with Crippen molar-refractivity contribution >= 4 is 5.91 Å². The largest absolute Gasteiger partial charge is 0.493 e. The lowest BCUT2D eigenvalue weighted by Gasteiger charge is -2.11. The maximum atomic E-state index is 10.6. The summed E-state index contributed by atoms with van der Waals surface area (Å²) in [6.45, 7) is 0.566. The SMILES string of the molecule is CNCc1ccc(OC)c(OCC(N)=O)c1. The van der Waals surface area contributed by atoms with Crippen molar-refractivity contribution < 1.29 is 14.3 Å². The van der Waals surface area contributed by atoms with Crippen LogP contribution in [0.1, 0.15) is 5.56 Å². The number of nitrogens with one attached hydrogen (secondary N) is 1. The Morgan fingerprint density at radius 1 is 1.44 bits per heavy atom. The molecule has 0 atom stereocenters. The van der Waals surface area contributed by atoms with Crippen LogP contribution < -0.4 is 20.5 Å². The van der Waals surface area contributed by atoms with Crippen LogP contribution in [0.3, 0.4) is 0 Å². The van der Waals surface area contributed by atoms with Gasteiger partial charge in [-0.25, -0.2) is 0 Å². The molecular weight excluding hydrogens is 208 g/mol. The smallest absolute Gasteiger partial charge is 0.255 e. The van der Waals surface area contributed by atoms with E-state index in [-0.39, 0.29) is 6.61 Å². The summed E-state index contributed by atoms with van der Waals surface area (Å²) in [5, 5.41) is 3.03. The van der Waals surface area contributed by atoms with Gasteiger partial charge in [0.2, 0.25) is 0 Å². The Morgan fingerprint density at radius 2 is 2.19 bits per heavy atom. The van der Waals surface area contributed by atoms with Gasteiger partial charge in [0.05, 0.1) is 7.11 Å². The maximum absolute atomic E-state index is 10.6. The first-order chi connectivity index (χ1) is 7.67. The molecule has 3 N–H and O–H groups in total. The van der Waals surface area contributed by atoms with Crippen molar-refractivity contribution in [3.8, 4) is 11.5 Å². The molecule has 0 fully saturated rings. The van der Waals surface area contributed by atoms with Gasteiger partial charge < -0.3 is 20.5 Å². The van der Waals surface area contributed by atoms with E-state index in [1.54, 1.807) is 13.2 Å². The highest BCUT2D eigenvalue weighted by molar-refractivity contribution is 5.75. The third-order valence-corrected chi connectivity index (χ3v) is 1.98. The predicted molar refractivity (Wildman–Crippen MR) is 60.4 cm³/mol. The van der Waals surface area contributed by atoms with Gasteiger partial charge in [-0.2, -0.15) is 0 Å². The van der Waals surface area contributed by atoms with Gasteiger partial charge in [-0.05, 0) is 24.7 Å². The lowest BCUT2D eigenvalue weighted by Crippen LogP contribution is -2.20. The first-order valence-electron chi connectivity index (χ1n) is 4.90. The highest BCUT2D eigenvalue weighted by atomic mass is 16.5. The van der Waals surface area contributed by atoms with E-state index in [4.69, 9.17) is 15.2 Å². The van der Waals surface area contributed by atoms with Gasteiger partial charge in [-0.15, -0.1) is 0 Å². The average Bonchev–Trinajstić information content (AvgIpc) is 2.27. The minimum Gasteiger partial charge on any atom is -0.493 e. The quantitative estimate of drug-likeness (QED) is 0.728. The number of carbonyl (C=O) groups is 1. The molecule has 88 valence electrons. The summed E-state index contributed by atoms with van der Waals surface area (Å²) in [6.07, 6.45) is 0. The van der Waals surface area contributed by atoms with Gasteiger partial charge in [0.25, 0.3) is 5.91 Å². The number of benzene rings is 1. The van der Waals surface area contributed by atoms with Crippen LogP contribution in [0.25, 0.3) is 0 Å². The fraction of sp³-hybridized carbons (Fsp3) is 0.364. The molecule has 0 bridgehead atoms. The van der Waals surface area contributed by atoms with E-state index >= 15 is 0 Å². The molecule has 1 aromatic carbocycles.